The van der Waals surface area contributed by atoms with Gasteiger partial charge in [0.1, 0.15) is 0 Å². The minimum atomic E-state index is -0.141. The van der Waals surface area contributed by atoms with E-state index in [1.165, 1.54) is 21.9 Å². The maximum atomic E-state index is 12.0. The monoisotopic (exact) mass is 324 g/mol. The predicted octanol–water partition coefficient (Wildman–Crippen LogP) is 1.32. The summed E-state index contributed by atoms with van der Waals surface area (Å²) in [6, 6.07) is 1.63. The molecule has 1 N–H and O–H groups in total. The fourth-order valence-electron chi connectivity index (χ4n) is 2.27. The quantitative estimate of drug-likeness (QED) is 0.863. The molecule has 0 aromatic carbocycles. The molecule has 2 aromatic rings. The first-order chi connectivity index (χ1) is 10.7. The Balaban J connectivity index is 1.65. The van der Waals surface area contributed by atoms with Crippen molar-refractivity contribution in [2.24, 2.45) is 0 Å². The number of anilines is 1. The van der Waals surface area contributed by atoms with Gasteiger partial charge >= 0.3 is 0 Å². The van der Waals surface area contributed by atoms with Crippen LogP contribution in [0.3, 0.4) is 0 Å². The number of nitrogens with zero attached hydrogens (tertiary/aromatic N) is 3. The van der Waals surface area contributed by atoms with Crippen molar-refractivity contribution in [3.8, 4) is 0 Å². The van der Waals surface area contributed by atoms with Crippen molar-refractivity contribution < 1.29 is 9.47 Å². The molecule has 1 aliphatic rings. The normalized spacial score (nSPS) is 19.6. The molecule has 7 nitrogen and oxygen atoms in total. The van der Waals surface area contributed by atoms with Gasteiger partial charge in [0.2, 0.25) is 10.1 Å². The number of hydrogen-bond acceptors (Lipinski definition) is 7. The molecule has 120 valence electrons. The smallest absolute Gasteiger partial charge is 0.275 e. The molecular weight excluding hydrogens is 304 g/mol. The molecule has 1 saturated heterocycles. The second-order valence-corrected chi connectivity index (χ2v) is 6.36. The van der Waals surface area contributed by atoms with Gasteiger partial charge in [-0.2, -0.15) is 4.52 Å². The molecule has 0 spiro atoms. The molecular formula is C14H20N4O3S. The van der Waals surface area contributed by atoms with Crippen LogP contribution in [-0.4, -0.2) is 46.6 Å². The molecule has 22 heavy (non-hydrogen) atoms. The summed E-state index contributed by atoms with van der Waals surface area (Å²) in [6.45, 7) is 6.03. The van der Waals surface area contributed by atoms with E-state index >= 15 is 0 Å². The van der Waals surface area contributed by atoms with E-state index < -0.39 is 0 Å². The highest BCUT2D eigenvalue weighted by atomic mass is 32.1. The molecule has 1 fully saturated rings. The Hall–Kier alpha value is -1.51. The lowest BCUT2D eigenvalue weighted by atomic mass is 10.3. The number of nitrogens with one attached hydrogen (secondary N) is 1. The van der Waals surface area contributed by atoms with Crippen LogP contribution in [0.25, 0.3) is 4.96 Å². The predicted molar refractivity (Wildman–Crippen MR) is 84.8 cm³/mol. The average molecular weight is 324 g/mol. The molecule has 1 aliphatic heterocycles. The van der Waals surface area contributed by atoms with E-state index in [2.05, 4.69) is 15.4 Å². The number of ether oxygens (including phenoxy) is 2. The lowest BCUT2D eigenvalue weighted by Crippen LogP contribution is -2.26. The summed E-state index contributed by atoms with van der Waals surface area (Å²) in [4.78, 5) is 17.0. The van der Waals surface area contributed by atoms with Crippen LogP contribution in [0.1, 0.15) is 26.0 Å². The fraction of sp³-hybridized carbons (Fsp3) is 0.643. The number of hydrogen-bond donors (Lipinski definition) is 1. The van der Waals surface area contributed by atoms with Crippen molar-refractivity contribution >= 4 is 21.4 Å². The Morgan fingerprint density at radius 2 is 2.50 bits per heavy atom. The first-order valence-corrected chi connectivity index (χ1v) is 8.33. The van der Waals surface area contributed by atoms with Crippen LogP contribution >= 0.6 is 11.3 Å². The lowest BCUT2D eigenvalue weighted by Gasteiger charge is -2.15. The summed E-state index contributed by atoms with van der Waals surface area (Å²) in [5.41, 5.74) is 0.649. The number of rotatable bonds is 6. The van der Waals surface area contributed by atoms with Crippen LogP contribution in [-0.2, 0) is 15.9 Å². The highest BCUT2D eigenvalue weighted by Gasteiger charge is 2.17. The van der Waals surface area contributed by atoms with Crippen molar-refractivity contribution in [3.05, 3.63) is 22.1 Å². The van der Waals surface area contributed by atoms with Crippen LogP contribution < -0.4 is 10.9 Å². The van der Waals surface area contributed by atoms with Crippen LogP contribution in [0, 0.1) is 0 Å². The molecule has 2 unspecified atom stereocenters. The van der Waals surface area contributed by atoms with Gasteiger partial charge in [-0.3, -0.25) is 4.79 Å². The second-order valence-electron chi connectivity index (χ2n) is 5.41. The molecule has 0 aliphatic carbocycles. The van der Waals surface area contributed by atoms with E-state index in [1.807, 2.05) is 13.8 Å². The van der Waals surface area contributed by atoms with Crippen molar-refractivity contribution in [1.29, 1.82) is 0 Å². The highest BCUT2D eigenvalue weighted by Crippen LogP contribution is 2.18. The van der Waals surface area contributed by atoms with Gasteiger partial charge in [0.25, 0.3) is 5.56 Å². The zero-order valence-electron chi connectivity index (χ0n) is 12.7. The SMILES string of the molecule is CCc1cc(=O)n2nc(NC(C)COC3CCOC3)sc2n1. The fourth-order valence-corrected chi connectivity index (χ4v) is 3.21. The van der Waals surface area contributed by atoms with Gasteiger partial charge < -0.3 is 14.8 Å². The Morgan fingerprint density at radius 3 is 3.23 bits per heavy atom. The highest BCUT2D eigenvalue weighted by molar-refractivity contribution is 7.20. The zero-order valence-corrected chi connectivity index (χ0v) is 13.6. The van der Waals surface area contributed by atoms with Crippen LogP contribution in [0.15, 0.2) is 10.9 Å². The van der Waals surface area contributed by atoms with Gasteiger partial charge in [-0.15, -0.1) is 5.10 Å². The Labute approximate surface area is 132 Å². The van der Waals surface area contributed by atoms with E-state index in [0.717, 1.165) is 25.1 Å². The van der Waals surface area contributed by atoms with Gasteiger partial charge in [-0.05, 0) is 19.8 Å². The molecule has 0 radical (unpaired) electrons. The molecule has 0 bridgehead atoms. The third kappa shape index (κ3) is 3.45. The Morgan fingerprint density at radius 1 is 1.64 bits per heavy atom. The van der Waals surface area contributed by atoms with E-state index in [-0.39, 0.29) is 17.7 Å². The van der Waals surface area contributed by atoms with Crippen LogP contribution in [0.2, 0.25) is 0 Å². The number of fused-ring (bicyclic) bond motifs is 1. The summed E-state index contributed by atoms with van der Waals surface area (Å²) in [5, 5.41) is 8.22. The molecule has 0 saturated carbocycles. The Bertz CT molecular complexity index is 693. The van der Waals surface area contributed by atoms with Gasteiger partial charge in [-0.25, -0.2) is 4.98 Å². The van der Waals surface area contributed by atoms with E-state index in [9.17, 15) is 4.79 Å². The maximum Gasteiger partial charge on any atom is 0.275 e. The molecule has 3 heterocycles. The number of aryl methyl sites for hydroxylation is 1. The summed E-state index contributed by atoms with van der Waals surface area (Å²) in [7, 11) is 0. The topological polar surface area (TPSA) is 77.8 Å². The van der Waals surface area contributed by atoms with Gasteiger partial charge in [0.15, 0.2) is 0 Å². The van der Waals surface area contributed by atoms with Crippen molar-refractivity contribution in [3.63, 3.8) is 0 Å². The van der Waals surface area contributed by atoms with E-state index in [4.69, 9.17) is 9.47 Å². The van der Waals surface area contributed by atoms with Crippen molar-refractivity contribution in [1.82, 2.24) is 14.6 Å². The van der Waals surface area contributed by atoms with Crippen LogP contribution in [0.5, 0.6) is 0 Å². The molecule has 8 heteroatoms. The summed E-state index contributed by atoms with van der Waals surface area (Å²) in [6.07, 6.45) is 1.88. The molecule has 0 amide bonds. The largest absolute Gasteiger partial charge is 0.379 e. The maximum absolute atomic E-state index is 12.0. The van der Waals surface area contributed by atoms with Crippen molar-refractivity contribution in [2.75, 3.05) is 25.1 Å². The molecule has 2 aromatic heterocycles. The summed E-state index contributed by atoms with van der Waals surface area (Å²) >= 11 is 1.38. The average Bonchev–Trinajstić information content (AvgIpc) is 3.14. The molecule has 2 atom stereocenters. The first kappa shape index (κ1) is 15.4. The third-order valence-electron chi connectivity index (χ3n) is 3.50. The van der Waals surface area contributed by atoms with Crippen LogP contribution in [0.4, 0.5) is 5.13 Å². The third-order valence-corrected chi connectivity index (χ3v) is 4.34. The minimum Gasteiger partial charge on any atom is -0.379 e. The Kier molecular flexibility index (Phi) is 4.70. The zero-order chi connectivity index (χ0) is 15.5. The lowest BCUT2D eigenvalue weighted by molar-refractivity contribution is 0.0395. The standard InChI is InChI=1S/C14H20N4O3S/c1-3-10-6-12(19)18-14(16-10)22-13(17-18)15-9(2)7-21-11-4-5-20-8-11/h6,9,11H,3-5,7-8H2,1-2H3,(H,15,17). The van der Waals surface area contributed by atoms with Crippen molar-refractivity contribution in [2.45, 2.75) is 38.8 Å². The molecule has 3 rings (SSSR count). The number of aromatic nitrogens is 3. The van der Waals surface area contributed by atoms with Gasteiger partial charge in [0.05, 0.1) is 19.3 Å². The minimum absolute atomic E-state index is 0.0995. The second kappa shape index (κ2) is 6.72. The first-order valence-electron chi connectivity index (χ1n) is 7.51. The van der Waals surface area contributed by atoms with E-state index in [1.54, 1.807) is 0 Å². The van der Waals surface area contributed by atoms with Gasteiger partial charge in [0, 0.05) is 24.4 Å². The van der Waals surface area contributed by atoms with E-state index in [0.29, 0.717) is 23.3 Å². The van der Waals surface area contributed by atoms with Gasteiger partial charge in [-0.1, -0.05) is 18.3 Å². The summed E-state index contributed by atoms with van der Waals surface area (Å²) in [5.74, 6) is 0. The summed E-state index contributed by atoms with van der Waals surface area (Å²) < 4.78 is 12.4.